The van der Waals surface area contributed by atoms with Gasteiger partial charge in [0, 0.05) is 6.54 Å². The predicted molar refractivity (Wildman–Crippen MR) is 96.2 cm³/mol. The Hall–Kier alpha value is -2.54. The molecule has 0 amide bonds. The molecule has 0 fully saturated rings. The minimum absolute atomic E-state index is 0.0113. The van der Waals surface area contributed by atoms with E-state index in [4.69, 9.17) is 9.47 Å². The van der Waals surface area contributed by atoms with Crippen LogP contribution in [0.1, 0.15) is 19.4 Å². The second-order valence-electron chi connectivity index (χ2n) is 5.66. The second kappa shape index (κ2) is 9.41. The van der Waals surface area contributed by atoms with Crippen LogP contribution in [0.5, 0.6) is 17.2 Å². The van der Waals surface area contributed by atoms with Crippen molar-refractivity contribution in [1.29, 1.82) is 0 Å². The number of benzene rings is 2. The Balaban J connectivity index is 2.32. The zero-order valence-electron chi connectivity index (χ0n) is 15.4. The van der Waals surface area contributed by atoms with E-state index < -0.39 is 34.6 Å². The van der Waals surface area contributed by atoms with Gasteiger partial charge >= 0.3 is 0 Å². The summed E-state index contributed by atoms with van der Waals surface area (Å²) in [5.41, 5.74) is -0.778. The van der Waals surface area contributed by atoms with Gasteiger partial charge in [-0.1, -0.05) is 26.0 Å². The molecule has 0 unspecified atom stereocenters. The Bertz CT molecular complexity index is 774. The smallest absolute Gasteiger partial charge is 0.205 e. The first-order valence-corrected chi connectivity index (χ1v) is 8.49. The van der Waals surface area contributed by atoms with Gasteiger partial charge in [0.25, 0.3) is 0 Å². The highest BCUT2D eigenvalue weighted by Crippen LogP contribution is 2.34. The molecule has 146 valence electrons. The summed E-state index contributed by atoms with van der Waals surface area (Å²) in [7, 11) is 1.45. The van der Waals surface area contributed by atoms with Gasteiger partial charge in [0.1, 0.15) is 11.5 Å². The molecule has 0 radical (unpaired) electrons. The Morgan fingerprint density at radius 3 is 1.85 bits per heavy atom. The van der Waals surface area contributed by atoms with E-state index in [0.717, 1.165) is 19.2 Å². The molecule has 0 aromatic heterocycles. The summed E-state index contributed by atoms with van der Waals surface area (Å²) in [6, 6.07) is 5.71. The lowest BCUT2D eigenvalue weighted by Crippen LogP contribution is -2.22. The fourth-order valence-electron chi connectivity index (χ4n) is 2.43. The van der Waals surface area contributed by atoms with Crippen molar-refractivity contribution < 1.29 is 27.0 Å². The van der Waals surface area contributed by atoms with Crippen LogP contribution in [-0.2, 0) is 0 Å². The zero-order chi connectivity index (χ0) is 20.0. The van der Waals surface area contributed by atoms with Crippen molar-refractivity contribution in [3.8, 4) is 17.2 Å². The standard InChI is InChI=1S/C20H21F4NO2/c1-4-25(5-2)12-6-7-15-16(21)18(23)20(19(24)17(15)22)27-14-10-8-13(26-3)9-11-14/h6-11H,4-5,12H2,1-3H3/b7-6+. The molecule has 3 nitrogen and oxygen atoms in total. The van der Waals surface area contributed by atoms with E-state index >= 15 is 0 Å². The summed E-state index contributed by atoms with van der Waals surface area (Å²) in [4.78, 5) is 1.97. The molecule has 0 saturated heterocycles. The van der Waals surface area contributed by atoms with Gasteiger partial charge in [0.2, 0.25) is 17.4 Å². The van der Waals surface area contributed by atoms with Crippen molar-refractivity contribution in [2.45, 2.75) is 13.8 Å². The molecule has 0 N–H and O–H groups in total. The number of rotatable bonds is 8. The topological polar surface area (TPSA) is 21.7 Å². The van der Waals surface area contributed by atoms with Crippen molar-refractivity contribution in [1.82, 2.24) is 4.90 Å². The van der Waals surface area contributed by atoms with E-state index in [0.29, 0.717) is 12.3 Å². The highest BCUT2D eigenvalue weighted by molar-refractivity contribution is 5.54. The van der Waals surface area contributed by atoms with Crippen molar-refractivity contribution >= 4 is 6.08 Å². The third-order valence-corrected chi connectivity index (χ3v) is 4.08. The highest BCUT2D eigenvalue weighted by atomic mass is 19.2. The van der Waals surface area contributed by atoms with Gasteiger partial charge in [-0.3, -0.25) is 0 Å². The van der Waals surface area contributed by atoms with Crippen LogP contribution < -0.4 is 9.47 Å². The van der Waals surface area contributed by atoms with Gasteiger partial charge < -0.3 is 14.4 Å². The molecule has 2 aromatic rings. The van der Waals surface area contributed by atoms with Gasteiger partial charge in [-0.05, 0) is 37.4 Å². The largest absolute Gasteiger partial charge is 0.497 e. The number of hydrogen-bond donors (Lipinski definition) is 0. The Labute approximate surface area is 155 Å². The molecular weight excluding hydrogens is 362 g/mol. The normalized spacial score (nSPS) is 11.4. The maximum atomic E-state index is 14.3. The molecule has 7 heteroatoms. The molecule has 2 rings (SSSR count). The summed E-state index contributed by atoms with van der Waals surface area (Å²) < 4.78 is 67.1. The molecule has 0 atom stereocenters. The Morgan fingerprint density at radius 2 is 1.37 bits per heavy atom. The lowest BCUT2D eigenvalue weighted by Gasteiger charge is -2.15. The molecular formula is C20H21F4NO2. The third kappa shape index (κ3) is 4.80. The van der Waals surface area contributed by atoms with Crippen LogP contribution in [-0.4, -0.2) is 31.6 Å². The minimum Gasteiger partial charge on any atom is -0.497 e. The molecule has 2 aromatic carbocycles. The van der Waals surface area contributed by atoms with Crippen LogP contribution in [0.3, 0.4) is 0 Å². The van der Waals surface area contributed by atoms with Gasteiger partial charge in [0.05, 0.1) is 12.7 Å². The summed E-state index contributed by atoms with van der Waals surface area (Å²) in [6.07, 6.45) is 2.49. The molecule has 0 saturated carbocycles. The van der Waals surface area contributed by atoms with Gasteiger partial charge in [0.15, 0.2) is 11.6 Å². The maximum absolute atomic E-state index is 14.3. The second-order valence-corrected chi connectivity index (χ2v) is 5.66. The lowest BCUT2D eigenvalue weighted by atomic mass is 10.1. The van der Waals surface area contributed by atoms with Crippen LogP contribution in [0.4, 0.5) is 17.6 Å². The van der Waals surface area contributed by atoms with Crippen molar-refractivity contribution in [3.05, 3.63) is 59.2 Å². The van der Waals surface area contributed by atoms with E-state index in [1.165, 1.54) is 37.5 Å². The van der Waals surface area contributed by atoms with Crippen molar-refractivity contribution in [3.63, 3.8) is 0 Å². The molecule has 27 heavy (non-hydrogen) atoms. The van der Waals surface area contributed by atoms with E-state index in [9.17, 15) is 17.6 Å². The first-order valence-electron chi connectivity index (χ1n) is 8.49. The monoisotopic (exact) mass is 383 g/mol. The molecule has 0 aliphatic rings. The lowest BCUT2D eigenvalue weighted by molar-refractivity contribution is 0.337. The van der Waals surface area contributed by atoms with E-state index in [1.54, 1.807) is 0 Å². The SMILES string of the molecule is CCN(CC)C/C=C/c1c(F)c(F)c(Oc2ccc(OC)cc2)c(F)c1F. The fourth-order valence-corrected chi connectivity index (χ4v) is 2.43. The number of methoxy groups -OCH3 is 1. The van der Waals surface area contributed by atoms with Crippen LogP contribution in [0, 0.1) is 23.3 Å². The first-order chi connectivity index (χ1) is 12.9. The summed E-state index contributed by atoms with van der Waals surface area (Å²) in [6.45, 7) is 5.75. The number of ether oxygens (including phenoxy) is 2. The zero-order valence-corrected chi connectivity index (χ0v) is 15.4. The summed E-state index contributed by atoms with van der Waals surface area (Å²) in [5.74, 6) is -6.82. The van der Waals surface area contributed by atoms with Crippen LogP contribution >= 0.6 is 0 Å². The fraction of sp³-hybridized carbons (Fsp3) is 0.300. The van der Waals surface area contributed by atoms with E-state index in [1.807, 2.05) is 18.7 Å². The highest BCUT2D eigenvalue weighted by Gasteiger charge is 2.26. The number of likely N-dealkylation sites (N-methyl/N-ethyl adjacent to an activating group) is 1. The third-order valence-electron chi connectivity index (χ3n) is 4.08. The molecule has 0 aliphatic carbocycles. The summed E-state index contributed by atoms with van der Waals surface area (Å²) >= 11 is 0. The van der Waals surface area contributed by atoms with Crippen LogP contribution in [0.2, 0.25) is 0 Å². The maximum Gasteiger partial charge on any atom is 0.205 e. The average molecular weight is 383 g/mol. The number of halogens is 4. The Morgan fingerprint density at radius 1 is 0.852 bits per heavy atom. The molecule has 0 aliphatic heterocycles. The van der Waals surface area contributed by atoms with Gasteiger partial charge in [-0.2, -0.15) is 8.78 Å². The summed E-state index contributed by atoms with van der Waals surface area (Å²) in [5, 5.41) is 0. The minimum atomic E-state index is -1.59. The molecule has 0 spiro atoms. The van der Waals surface area contributed by atoms with Crippen LogP contribution in [0.15, 0.2) is 30.3 Å². The van der Waals surface area contributed by atoms with Crippen molar-refractivity contribution in [2.24, 2.45) is 0 Å². The molecule has 0 bridgehead atoms. The Kier molecular flexibility index (Phi) is 7.24. The predicted octanol–water partition coefficient (Wildman–Crippen LogP) is 5.40. The van der Waals surface area contributed by atoms with Gasteiger partial charge in [-0.25, -0.2) is 8.78 Å². The number of nitrogens with zero attached hydrogens (tertiary/aromatic N) is 1. The van der Waals surface area contributed by atoms with Crippen molar-refractivity contribution in [2.75, 3.05) is 26.7 Å². The number of hydrogen-bond acceptors (Lipinski definition) is 3. The first kappa shape index (κ1) is 20.8. The van der Waals surface area contributed by atoms with Gasteiger partial charge in [-0.15, -0.1) is 0 Å². The van der Waals surface area contributed by atoms with Crippen LogP contribution in [0.25, 0.3) is 6.08 Å². The average Bonchev–Trinajstić information content (AvgIpc) is 2.70. The van der Waals surface area contributed by atoms with E-state index in [2.05, 4.69) is 0 Å². The van der Waals surface area contributed by atoms with E-state index in [-0.39, 0.29) is 5.75 Å². The quantitative estimate of drug-likeness (QED) is 0.450. The molecule has 0 heterocycles.